The van der Waals surface area contributed by atoms with Gasteiger partial charge in [0.15, 0.2) is 0 Å². The third-order valence-electron chi connectivity index (χ3n) is 7.28. The minimum atomic E-state index is -0.285. The molecule has 45 heavy (non-hydrogen) atoms. The number of carbonyl (C=O) groups is 2. The first kappa shape index (κ1) is 34.0. The molecule has 4 aromatic rings. The second-order valence-electron chi connectivity index (χ2n) is 10.8. The van der Waals surface area contributed by atoms with Crippen molar-refractivity contribution in [2.75, 3.05) is 46.5 Å². The van der Waals surface area contributed by atoms with Gasteiger partial charge in [-0.25, -0.2) is 0 Å². The predicted molar refractivity (Wildman–Crippen MR) is 179 cm³/mol. The molecular formula is C36H38Cl2N2O5. The standard InChI is InChI=1S/C36H38Cl2N2O5/c1-40(23-35(27-6-12-30(37)13-7-27)28-8-14-31(38)15-9-28)21-2-3-26-4-16-33(17-5-26)44-24-32(42)25-45-34-18-10-29(11-19-34)36(43)39-20-22-41/h4-19,35,41H,2-3,20-25H2,1H3,(H,39,43). The summed E-state index contributed by atoms with van der Waals surface area (Å²) in [5.41, 5.74) is 4.07. The van der Waals surface area contributed by atoms with Gasteiger partial charge in [-0.15, -0.1) is 0 Å². The molecule has 0 aromatic heterocycles. The number of ether oxygens (including phenoxy) is 2. The van der Waals surface area contributed by atoms with E-state index in [2.05, 4.69) is 41.5 Å². The van der Waals surface area contributed by atoms with Crippen LogP contribution in [-0.4, -0.2) is 68.2 Å². The maximum Gasteiger partial charge on any atom is 0.251 e. The van der Waals surface area contributed by atoms with Crippen molar-refractivity contribution in [3.8, 4) is 11.5 Å². The lowest BCUT2D eigenvalue weighted by Crippen LogP contribution is -2.26. The predicted octanol–water partition coefficient (Wildman–Crippen LogP) is 6.44. The number of nitrogens with zero attached hydrogens (tertiary/aromatic N) is 1. The number of ketones is 1. The molecule has 0 radical (unpaired) electrons. The van der Waals surface area contributed by atoms with E-state index in [4.69, 9.17) is 37.8 Å². The van der Waals surface area contributed by atoms with E-state index in [1.165, 1.54) is 16.7 Å². The van der Waals surface area contributed by atoms with E-state index in [0.717, 1.165) is 36.0 Å². The number of amides is 1. The van der Waals surface area contributed by atoms with Gasteiger partial charge < -0.3 is 24.8 Å². The fourth-order valence-corrected chi connectivity index (χ4v) is 5.10. The quantitative estimate of drug-likeness (QED) is 0.137. The Labute approximate surface area is 274 Å². The highest BCUT2D eigenvalue weighted by atomic mass is 35.5. The van der Waals surface area contributed by atoms with Gasteiger partial charge in [0, 0.05) is 34.6 Å². The second kappa shape index (κ2) is 17.6. The van der Waals surface area contributed by atoms with Gasteiger partial charge in [-0.2, -0.15) is 0 Å². The number of halogens is 2. The van der Waals surface area contributed by atoms with Gasteiger partial charge in [0.2, 0.25) is 5.78 Å². The highest BCUT2D eigenvalue weighted by molar-refractivity contribution is 6.30. The number of rotatable bonds is 17. The summed E-state index contributed by atoms with van der Waals surface area (Å²) in [6, 6.07) is 30.3. The van der Waals surface area contributed by atoms with Crippen LogP contribution in [0.3, 0.4) is 0 Å². The van der Waals surface area contributed by atoms with Crippen LogP contribution in [-0.2, 0) is 11.2 Å². The molecule has 4 aromatic carbocycles. The first-order chi connectivity index (χ1) is 21.8. The lowest BCUT2D eigenvalue weighted by Gasteiger charge is -2.25. The molecule has 236 valence electrons. The largest absolute Gasteiger partial charge is 0.486 e. The van der Waals surface area contributed by atoms with Gasteiger partial charge in [-0.3, -0.25) is 9.59 Å². The van der Waals surface area contributed by atoms with E-state index in [1.54, 1.807) is 24.3 Å². The molecular weight excluding hydrogens is 611 g/mol. The van der Waals surface area contributed by atoms with Gasteiger partial charge in [0.05, 0.1) is 6.61 Å². The van der Waals surface area contributed by atoms with Crippen molar-refractivity contribution < 1.29 is 24.2 Å². The van der Waals surface area contributed by atoms with Crippen molar-refractivity contribution in [1.82, 2.24) is 10.2 Å². The fraction of sp³-hybridized carbons (Fsp3) is 0.278. The van der Waals surface area contributed by atoms with Crippen LogP contribution in [0.25, 0.3) is 0 Å². The number of hydrogen-bond donors (Lipinski definition) is 2. The number of carbonyl (C=O) groups excluding carboxylic acids is 2. The van der Waals surface area contributed by atoms with Crippen LogP contribution < -0.4 is 14.8 Å². The average Bonchev–Trinajstić information content (AvgIpc) is 3.06. The van der Waals surface area contributed by atoms with Crippen LogP contribution in [0.15, 0.2) is 97.1 Å². The van der Waals surface area contributed by atoms with Crippen LogP contribution in [0, 0.1) is 0 Å². The number of likely N-dealkylation sites (N-methyl/N-ethyl adjacent to an activating group) is 1. The van der Waals surface area contributed by atoms with E-state index in [0.29, 0.717) is 17.1 Å². The molecule has 4 rings (SSSR count). The smallest absolute Gasteiger partial charge is 0.251 e. The molecule has 0 aliphatic heterocycles. The molecule has 0 heterocycles. The monoisotopic (exact) mass is 648 g/mol. The topological polar surface area (TPSA) is 88.1 Å². The molecule has 0 saturated carbocycles. The number of nitrogens with one attached hydrogen (secondary N) is 1. The summed E-state index contributed by atoms with van der Waals surface area (Å²) >= 11 is 12.3. The van der Waals surface area contributed by atoms with E-state index >= 15 is 0 Å². The average molecular weight is 650 g/mol. The molecule has 1 amide bonds. The van der Waals surface area contributed by atoms with E-state index in [1.807, 2.05) is 48.5 Å². The van der Waals surface area contributed by atoms with Crippen molar-refractivity contribution in [2.45, 2.75) is 18.8 Å². The Kier molecular flexibility index (Phi) is 13.3. The summed E-state index contributed by atoms with van der Waals surface area (Å²) in [7, 11) is 2.14. The van der Waals surface area contributed by atoms with E-state index in [-0.39, 0.29) is 44.0 Å². The Balaban J connectivity index is 1.18. The van der Waals surface area contributed by atoms with Crippen LogP contribution in [0.2, 0.25) is 10.0 Å². The maximum atomic E-state index is 12.3. The van der Waals surface area contributed by atoms with Crippen molar-refractivity contribution in [3.63, 3.8) is 0 Å². The number of Topliss-reactive ketones (excluding diaryl/α,β-unsaturated/α-hetero) is 1. The summed E-state index contributed by atoms with van der Waals surface area (Å²) in [5, 5.41) is 12.8. The lowest BCUT2D eigenvalue weighted by molar-refractivity contribution is -0.123. The summed E-state index contributed by atoms with van der Waals surface area (Å²) in [4.78, 5) is 26.5. The van der Waals surface area contributed by atoms with Crippen LogP contribution in [0.1, 0.15) is 39.4 Å². The first-order valence-corrected chi connectivity index (χ1v) is 15.6. The van der Waals surface area contributed by atoms with Crippen LogP contribution in [0.4, 0.5) is 0 Å². The van der Waals surface area contributed by atoms with E-state index in [9.17, 15) is 9.59 Å². The zero-order valence-corrected chi connectivity index (χ0v) is 26.8. The number of aliphatic hydroxyl groups excluding tert-OH is 1. The summed E-state index contributed by atoms with van der Waals surface area (Å²) in [6.45, 7) is 1.61. The van der Waals surface area contributed by atoms with Crippen LogP contribution >= 0.6 is 23.2 Å². The van der Waals surface area contributed by atoms with Gasteiger partial charge in [0.1, 0.15) is 24.7 Å². The third kappa shape index (κ3) is 11.2. The molecule has 0 spiro atoms. The molecule has 0 unspecified atom stereocenters. The van der Waals surface area contributed by atoms with E-state index < -0.39 is 0 Å². The first-order valence-electron chi connectivity index (χ1n) is 14.9. The van der Waals surface area contributed by atoms with Gasteiger partial charge in [-0.05, 0) is 104 Å². The Morgan fingerprint density at radius 3 is 1.80 bits per heavy atom. The number of benzene rings is 4. The number of aryl methyl sites for hydroxylation is 1. The van der Waals surface area contributed by atoms with Gasteiger partial charge in [0.25, 0.3) is 5.91 Å². The fourth-order valence-electron chi connectivity index (χ4n) is 4.85. The van der Waals surface area contributed by atoms with Gasteiger partial charge >= 0.3 is 0 Å². The second-order valence-corrected chi connectivity index (χ2v) is 11.7. The molecule has 0 atom stereocenters. The number of hydrogen-bond acceptors (Lipinski definition) is 6. The third-order valence-corrected chi connectivity index (χ3v) is 7.79. The SMILES string of the molecule is CN(CCCc1ccc(OCC(=O)COc2ccc(C(=O)NCCO)cc2)cc1)CC(c1ccc(Cl)cc1)c1ccc(Cl)cc1. The van der Waals surface area contributed by atoms with Crippen molar-refractivity contribution >= 4 is 34.9 Å². The molecule has 9 heteroatoms. The summed E-state index contributed by atoms with van der Waals surface area (Å²) < 4.78 is 11.2. The van der Waals surface area contributed by atoms with Gasteiger partial charge in [-0.1, -0.05) is 59.6 Å². The zero-order valence-electron chi connectivity index (χ0n) is 25.3. The lowest BCUT2D eigenvalue weighted by atomic mass is 9.91. The van der Waals surface area contributed by atoms with Crippen molar-refractivity contribution in [3.05, 3.63) is 129 Å². The maximum absolute atomic E-state index is 12.3. The molecule has 7 nitrogen and oxygen atoms in total. The minimum absolute atomic E-state index is 0.103. The Hall–Kier alpha value is -3.88. The zero-order chi connectivity index (χ0) is 32.0. The molecule has 2 N–H and O–H groups in total. The normalized spacial score (nSPS) is 11.1. The minimum Gasteiger partial charge on any atom is -0.486 e. The van der Waals surface area contributed by atoms with Crippen molar-refractivity contribution in [1.29, 1.82) is 0 Å². The Bertz CT molecular complexity index is 1450. The number of aliphatic hydroxyl groups is 1. The van der Waals surface area contributed by atoms with Crippen LogP contribution in [0.5, 0.6) is 11.5 Å². The molecule has 0 saturated heterocycles. The molecule has 0 bridgehead atoms. The summed E-state index contributed by atoms with van der Waals surface area (Å²) in [5.74, 6) is 0.805. The Morgan fingerprint density at radius 1 is 0.778 bits per heavy atom. The highest BCUT2D eigenvalue weighted by Gasteiger charge is 2.17. The highest BCUT2D eigenvalue weighted by Crippen LogP contribution is 2.28. The van der Waals surface area contributed by atoms with Crippen molar-refractivity contribution in [2.24, 2.45) is 0 Å². The Morgan fingerprint density at radius 2 is 1.29 bits per heavy atom. The summed E-state index contributed by atoms with van der Waals surface area (Å²) in [6.07, 6.45) is 1.92. The molecule has 0 fully saturated rings. The molecule has 0 aliphatic rings. The molecule has 0 aliphatic carbocycles.